The van der Waals surface area contributed by atoms with Gasteiger partial charge in [0, 0.05) is 0 Å². The van der Waals surface area contributed by atoms with Crippen LogP contribution < -0.4 is 0 Å². The molecule has 0 unspecified atom stereocenters. The van der Waals surface area contributed by atoms with E-state index in [1.54, 1.807) is 0 Å². The molecule has 4 saturated carbocycles. The van der Waals surface area contributed by atoms with Gasteiger partial charge in [0.05, 0.1) is 38.8 Å². The molecule has 0 spiro atoms. The summed E-state index contributed by atoms with van der Waals surface area (Å²) >= 11 is 0. The topological polar surface area (TPSA) is 61.8 Å². The standard InChI is InChI=1S/C32H52O5/c1-27(2)14-16-32-17-15-30(6)20(24(32)25(27)37-19-32)10-11-22-29(5,18-23(33)35-8)21(12-13-31(22,30)7)28(3,4)26(34)36-9/h20-22,24-25H,10-19H2,1-9H3/t20-,21+,22-,24+,25-,29+,30-,31-,32-/m1/s1. The smallest absolute Gasteiger partial charge is 0.311 e. The number of rotatable bonds is 4. The van der Waals surface area contributed by atoms with Gasteiger partial charge in [0.25, 0.3) is 0 Å². The summed E-state index contributed by atoms with van der Waals surface area (Å²) in [5.41, 5.74) is -0.0871. The van der Waals surface area contributed by atoms with Crippen LogP contribution >= 0.6 is 0 Å². The minimum atomic E-state index is -0.659. The molecule has 5 heteroatoms. The molecule has 0 radical (unpaired) electrons. The van der Waals surface area contributed by atoms with Gasteiger partial charge in [-0.05, 0) is 116 Å². The van der Waals surface area contributed by atoms with E-state index in [2.05, 4.69) is 34.6 Å². The maximum absolute atomic E-state index is 13.1. The highest BCUT2D eigenvalue weighted by molar-refractivity contribution is 5.77. The monoisotopic (exact) mass is 516 g/mol. The number of fused-ring (bicyclic) bond motifs is 3. The maximum atomic E-state index is 13.1. The van der Waals surface area contributed by atoms with E-state index in [1.807, 2.05) is 13.8 Å². The quantitative estimate of drug-likeness (QED) is 0.384. The largest absolute Gasteiger partial charge is 0.469 e. The van der Waals surface area contributed by atoms with E-state index in [1.165, 1.54) is 46.3 Å². The lowest BCUT2D eigenvalue weighted by atomic mass is 9.32. The molecule has 1 heterocycles. The van der Waals surface area contributed by atoms with E-state index in [0.717, 1.165) is 25.9 Å². The molecule has 0 amide bonds. The van der Waals surface area contributed by atoms with Crippen molar-refractivity contribution in [2.45, 2.75) is 112 Å². The maximum Gasteiger partial charge on any atom is 0.311 e. The van der Waals surface area contributed by atoms with Crippen molar-refractivity contribution in [2.75, 3.05) is 20.8 Å². The highest BCUT2D eigenvalue weighted by Crippen LogP contribution is 2.77. The summed E-state index contributed by atoms with van der Waals surface area (Å²) in [5.74, 6) is 1.38. The third-order valence-corrected chi connectivity index (χ3v) is 13.7. The number of carbonyl (C=O) groups is 2. The van der Waals surface area contributed by atoms with E-state index >= 15 is 0 Å². The Labute approximate surface area is 225 Å². The number of esters is 2. The Bertz CT molecular complexity index is 955. The van der Waals surface area contributed by atoms with Gasteiger partial charge in [-0.15, -0.1) is 0 Å². The molecular weight excluding hydrogens is 464 g/mol. The summed E-state index contributed by atoms with van der Waals surface area (Å²) in [6.07, 6.45) is 10.2. The molecule has 0 N–H and O–H groups in total. The molecule has 0 aromatic rings. The molecule has 1 aliphatic heterocycles. The second-order valence-electron chi connectivity index (χ2n) is 15.7. The van der Waals surface area contributed by atoms with E-state index in [0.29, 0.717) is 35.7 Å². The summed E-state index contributed by atoms with van der Waals surface area (Å²) < 4.78 is 17.3. The first-order valence-corrected chi connectivity index (χ1v) is 14.9. The lowest BCUT2D eigenvalue weighted by Crippen LogP contribution is -2.67. The molecule has 4 aliphatic carbocycles. The van der Waals surface area contributed by atoms with E-state index in [-0.39, 0.29) is 39.5 Å². The lowest BCUT2D eigenvalue weighted by molar-refractivity contribution is -0.238. The molecule has 0 aromatic carbocycles. The Balaban J connectivity index is 1.56. The average molecular weight is 517 g/mol. The summed E-state index contributed by atoms with van der Waals surface area (Å²) in [6.45, 7) is 17.3. The molecule has 5 rings (SSSR count). The predicted octanol–water partition coefficient (Wildman–Crippen LogP) is 6.82. The first-order valence-electron chi connectivity index (χ1n) is 14.9. The fourth-order valence-corrected chi connectivity index (χ4v) is 11.6. The van der Waals surface area contributed by atoms with Gasteiger partial charge in [-0.2, -0.15) is 0 Å². The summed E-state index contributed by atoms with van der Waals surface area (Å²) in [7, 11) is 2.98. The summed E-state index contributed by atoms with van der Waals surface area (Å²) in [4.78, 5) is 26.0. The average Bonchev–Trinajstić information content (AvgIpc) is 3.17. The van der Waals surface area contributed by atoms with Crippen molar-refractivity contribution in [3.05, 3.63) is 0 Å². The highest BCUT2D eigenvalue weighted by atomic mass is 16.5. The van der Waals surface area contributed by atoms with Crippen LogP contribution in [0.25, 0.3) is 0 Å². The lowest BCUT2D eigenvalue weighted by Gasteiger charge is -2.72. The third-order valence-electron chi connectivity index (χ3n) is 13.7. The van der Waals surface area contributed by atoms with Crippen LogP contribution in [0.15, 0.2) is 0 Å². The molecule has 9 atom stereocenters. The van der Waals surface area contributed by atoms with Crippen molar-refractivity contribution in [3.63, 3.8) is 0 Å². The highest BCUT2D eigenvalue weighted by Gasteiger charge is 2.72. The molecular formula is C32H52O5. The Morgan fingerprint density at radius 3 is 2.19 bits per heavy atom. The van der Waals surface area contributed by atoms with Crippen molar-refractivity contribution in [3.8, 4) is 0 Å². The summed E-state index contributed by atoms with van der Waals surface area (Å²) in [5, 5.41) is 0. The van der Waals surface area contributed by atoms with Crippen LogP contribution in [0, 0.1) is 56.2 Å². The van der Waals surface area contributed by atoms with Crippen LogP contribution in [0.2, 0.25) is 0 Å². The Morgan fingerprint density at radius 2 is 1.54 bits per heavy atom. The number of hydrogen-bond acceptors (Lipinski definition) is 5. The fourth-order valence-electron chi connectivity index (χ4n) is 11.6. The molecule has 37 heavy (non-hydrogen) atoms. The molecule has 5 aliphatic rings. The van der Waals surface area contributed by atoms with Crippen molar-refractivity contribution < 1.29 is 23.8 Å². The van der Waals surface area contributed by atoms with Crippen LogP contribution in [-0.2, 0) is 23.8 Å². The second-order valence-corrected chi connectivity index (χ2v) is 15.7. The van der Waals surface area contributed by atoms with Crippen molar-refractivity contribution in [1.82, 2.24) is 0 Å². The zero-order valence-corrected chi connectivity index (χ0v) is 25.0. The van der Waals surface area contributed by atoms with E-state index in [4.69, 9.17) is 14.2 Å². The molecule has 2 bridgehead atoms. The van der Waals surface area contributed by atoms with E-state index in [9.17, 15) is 9.59 Å². The first-order chi connectivity index (χ1) is 17.1. The van der Waals surface area contributed by atoms with Crippen LogP contribution in [0.4, 0.5) is 0 Å². The molecule has 1 saturated heterocycles. The van der Waals surface area contributed by atoms with Gasteiger partial charge in [0.1, 0.15) is 0 Å². The van der Waals surface area contributed by atoms with Gasteiger partial charge in [-0.1, -0.05) is 34.6 Å². The van der Waals surface area contributed by atoms with Crippen LogP contribution in [0.5, 0.6) is 0 Å². The zero-order chi connectivity index (χ0) is 27.2. The van der Waals surface area contributed by atoms with Gasteiger partial charge in [0.15, 0.2) is 0 Å². The number of ether oxygens (including phenoxy) is 3. The molecule has 5 fully saturated rings. The minimum Gasteiger partial charge on any atom is -0.469 e. The second kappa shape index (κ2) is 8.45. The minimum absolute atomic E-state index is 0.0628. The van der Waals surface area contributed by atoms with Gasteiger partial charge >= 0.3 is 11.9 Å². The number of methoxy groups -OCH3 is 2. The van der Waals surface area contributed by atoms with Crippen LogP contribution in [-0.4, -0.2) is 38.9 Å². The fraction of sp³-hybridized carbons (Fsp3) is 0.938. The zero-order valence-electron chi connectivity index (χ0n) is 25.0. The van der Waals surface area contributed by atoms with Gasteiger partial charge < -0.3 is 14.2 Å². The first kappa shape index (κ1) is 27.5. The predicted molar refractivity (Wildman–Crippen MR) is 144 cm³/mol. The van der Waals surface area contributed by atoms with E-state index < -0.39 is 5.41 Å². The van der Waals surface area contributed by atoms with Gasteiger partial charge in [0.2, 0.25) is 0 Å². The third kappa shape index (κ3) is 3.50. The van der Waals surface area contributed by atoms with Crippen LogP contribution in [0.3, 0.4) is 0 Å². The van der Waals surface area contributed by atoms with Crippen LogP contribution in [0.1, 0.15) is 106 Å². The van der Waals surface area contributed by atoms with Crippen molar-refractivity contribution >= 4 is 11.9 Å². The molecule has 0 aromatic heterocycles. The normalized spacial score (nSPS) is 48.3. The summed E-state index contributed by atoms with van der Waals surface area (Å²) in [6, 6.07) is 0. The van der Waals surface area contributed by atoms with Gasteiger partial charge in [-0.3, -0.25) is 9.59 Å². The Morgan fingerprint density at radius 1 is 0.865 bits per heavy atom. The number of hydrogen-bond donors (Lipinski definition) is 0. The Hall–Kier alpha value is -1.10. The Kier molecular flexibility index (Phi) is 6.27. The van der Waals surface area contributed by atoms with Gasteiger partial charge in [-0.25, -0.2) is 0 Å². The SMILES string of the molecule is COC(=O)C[C@]1(C)[C@H]2CC[C@@H]3[C@H]4[C@H]5OC[C@@]4(CCC5(C)C)CC[C@@]3(C)[C@]2(C)CC[C@H]1C(C)(C)C(=O)OC. The van der Waals surface area contributed by atoms with Crippen molar-refractivity contribution in [1.29, 1.82) is 0 Å². The van der Waals surface area contributed by atoms with Crippen molar-refractivity contribution in [2.24, 2.45) is 56.2 Å². The number of carbonyl (C=O) groups excluding carboxylic acids is 2. The molecule has 5 nitrogen and oxygen atoms in total. The molecule has 210 valence electrons.